The zero-order chi connectivity index (χ0) is 13.5. The van der Waals surface area contributed by atoms with Crippen molar-refractivity contribution in [1.82, 2.24) is 4.98 Å². The number of hydrogen-bond acceptors (Lipinski definition) is 3. The van der Waals surface area contributed by atoms with Crippen molar-refractivity contribution in [2.24, 2.45) is 0 Å². The molecule has 3 heteroatoms. The van der Waals surface area contributed by atoms with Crippen LogP contribution in [0.3, 0.4) is 0 Å². The maximum atomic E-state index is 5.68. The zero-order valence-electron chi connectivity index (χ0n) is 11.5. The first-order chi connectivity index (χ1) is 9.31. The highest BCUT2D eigenvalue weighted by atomic mass is 16.5. The SMILES string of the molecule is CCCOc1cccnc1NCc1ccccc1C. The van der Waals surface area contributed by atoms with Crippen LogP contribution in [0, 0.1) is 6.92 Å². The number of rotatable bonds is 6. The van der Waals surface area contributed by atoms with Crippen molar-refractivity contribution in [3.63, 3.8) is 0 Å². The summed E-state index contributed by atoms with van der Waals surface area (Å²) in [4.78, 5) is 4.34. The topological polar surface area (TPSA) is 34.1 Å². The lowest BCUT2D eigenvalue weighted by atomic mass is 10.1. The molecular weight excluding hydrogens is 236 g/mol. The Morgan fingerprint density at radius 2 is 2.00 bits per heavy atom. The summed E-state index contributed by atoms with van der Waals surface area (Å²) >= 11 is 0. The number of benzene rings is 1. The summed E-state index contributed by atoms with van der Waals surface area (Å²) in [6, 6.07) is 12.2. The van der Waals surface area contributed by atoms with Crippen molar-refractivity contribution in [3.05, 3.63) is 53.7 Å². The van der Waals surface area contributed by atoms with Gasteiger partial charge in [0.2, 0.25) is 0 Å². The molecule has 100 valence electrons. The van der Waals surface area contributed by atoms with E-state index in [0.717, 1.165) is 24.5 Å². The lowest BCUT2D eigenvalue weighted by molar-refractivity contribution is 0.318. The second-order valence-corrected chi connectivity index (χ2v) is 4.48. The molecule has 0 spiro atoms. The Labute approximate surface area is 114 Å². The summed E-state index contributed by atoms with van der Waals surface area (Å²) in [5.41, 5.74) is 2.55. The second kappa shape index (κ2) is 6.78. The highest BCUT2D eigenvalue weighted by Gasteiger charge is 2.04. The third kappa shape index (κ3) is 3.71. The van der Waals surface area contributed by atoms with Gasteiger partial charge in [-0.15, -0.1) is 0 Å². The average Bonchev–Trinajstić information content (AvgIpc) is 2.45. The Hall–Kier alpha value is -2.03. The number of ether oxygens (including phenoxy) is 1. The molecule has 3 nitrogen and oxygen atoms in total. The number of hydrogen-bond donors (Lipinski definition) is 1. The molecule has 0 unspecified atom stereocenters. The van der Waals surface area contributed by atoms with Crippen molar-refractivity contribution in [3.8, 4) is 5.75 Å². The van der Waals surface area contributed by atoms with E-state index in [2.05, 4.69) is 48.4 Å². The second-order valence-electron chi connectivity index (χ2n) is 4.48. The summed E-state index contributed by atoms with van der Waals surface area (Å²) < 4.78 is 5.68. The van der Waals surface area contributed by atoms with Gasteiger partial charge < -0.3 is 10.1 Å². The molecular formula is C16H20N2O. The Morgan fingerprint density at radius 1 is 1.16 bits per heavy atom. The first kappa shape index (κ1) is 13.4. The molecule has 0 radical (unpaired) electrons. The number of aryl methyl sites for hydroxylation is 1. The zero-order valence-corrected chi connectivity index (χ0v) is 11.5. The van der Waals surface area contributed by atoms with E-state index in [4.69, 9.17) is 4.74 Å². The highest BCUT2D eigenvalue weighted by molar-refractivity contribution is 5.50. The fourth-order valence-corrected chi connectivity index (χ4v) is 1.84. The molecule has 1 aromatic heterocycles. The van der Waals surface area contributed by atoms with Crippen LogP contribution < -0.4 is 10.1 Å². The van der Waals surface area contributed by atoms with Crippen molar-refractivity contribution < 1.29 is 4.74 Å². The molecule has 0 aliphatic heterocycles. The molecule has 1 aromatic carbocycles. The molecule has 0 atom stereocenters. The van der Waals surface area contributed by atoms with Crippen molar-refractivity contribution >= 4 is 5.82 Å². The van der Waals surface area contributed by atoms with Crippen molar-refractivity contribution in [2.75, 3.05) is 11.9 Å². The minimum Gasteiger partial charge on any atom is -0.490 e. The Morgan fingerprint density at radius 3 is 2.79 bits per heavy atom. The van der Waals surface area contributed by atoms with E-state index in [1.807, 2.05) is 12.1 Å². The monoisotopic (exact) mass is 256 g/mol. The van der Waals surface area contributed by atoms with Gasteiger partial charge in [0.15, 0.2) is 11.6 Å². The molecule has 19 heavy (non-hydrogen) atoms. The third-order valence-electron chi connectivity index (χ3n) is 2.94. The average molecular weight is 256 g/mol. The summed E-state index contributed by atoms with van der Waals surface area (Å²) in [6.07, 6.45) is 2.77. The molecule has 0 amide bonds. The van der Waals surface area contributed by atoms with Gasteiger partial charge in [0.05, 0.1) is 6.61 Å². The van der Waals surface area contributed by atoms with Crippen LogP contribution in [0.2, 0.25) is 0 Å². The van der Waals surface area contributed by atoms with E-state index in [0.29, 0.717) is 6.61 Å². The molecule has 1 heterocycles. The number of pyridine rings is 1. The summed E-state index contributed by atoms with van der Waals surface area (Å²) in [5, 5.41) is 3.34. The Kier molecular flexibility index (Phi) is 4.78. The number of anilines is 1. The van der Waals surface area contributed by atoms with Gasteiger partial charge in [0.25, 0.3) is 0 Å². The van der Waals surface area contributed by atoms with E-state index in [1.165, 1.54) is 11.1 Å². The molecule has 0 aliphatic rings. The molecule has 0 bridgehead atoms. The normalized spacial score (nSPS) is 10.2. The van der Waals surface area contributed by atoms with Gasteiger partial charge in [-0.2, -0.15) is 0 Å². The molecule has 2 aromatic rings. The van der Waals surface area contributed by atoms with Crippen LogP contribution in [0.15, 0.2) is 42.6 Å². The standard InChI is InChI=1S/C16H20N2O/c1-3-11-19-15-9-6-10-17-16(15)18-12-14-8-5-4-7-13(14)2/h4-10H,3,11-12H2,1-2H3,(H,17,18). The highest BCUT2D eigenvalue weighted by Crippen LogP contribution is 2.22. The van der Waals surface area contributed by atoms with Gasteiger partial charge in [-0.3, -0.25) is 0 Å². The van der Waals surface area contributed by atoms with Crippen LogP contribution in [-0.2, 0) is 6.54 Å². The van der Waals surface area contributed by atoms with Gasteiger partial charge in [-0.05, 0) is 36.6 Å². The molecule has 0 fully saturated rings. The Bertz CT molecular complexity index is 526. The molecule has 0 saturated carbocycles. The summed E-state index contributed by atoms with van der Waals surface area (Å²) in [5.74, 6) is 1.62. The lowest BCUT2D eigenvalue weighted by Gasteiger charge is -2.12. The van der Waals surface area contributed by atoms with E-state index >= 15 is 0 Å². The fraction of sp³-hybridized carbons (Fsp3) is 0.312. The van der Waals surface area contributed by atoms with Gasteiger partial charge in [-0.25, -0.2) is 4.98 Å². The minimum absolute atomic E-state index is 0.713. The molecule has 0 saturated heterocycles. The summed E-state index contributed by atoms with van der Waals surface area (Å²) in [6.45, 7) is 5.68. The van der Waals surface area contributed by atoms with Gasteiger partial charge >= 0.3 is 0 Å². The van der Waals surface area contributed by atoms with E-state index in [1.54, 1.807) is 6.20 Å². The number of nitrogens with one attached hydrogen (secondary N) is 1. The predicted molar refractivity (Wildman–Crippen MR) is 78.5 cm³/mol. The smallest absolute Gasteiger partial charge is 0.169 e. The van der Waals surface area contributed by atoms with Gasteiger partial charge in [0.1, 0.15) is 0 Å². The van der Waals surface area contributed by atoms with Crippen LogP contribution >= 0.6 is 0 Å². The van der Waals surface area contributed by atoms with Crippen molar-refractivity contribution in [1.29, 1.82) is 0 Å². The first-order valence-electron chi connectivity index (χ1n) is 6.67. The number of aromatic nitrogens is 1. The fourth-order valence-electron chi connectivity index (χ4n) is 1.84. The maximum absolute atomic E-state index is 5.68. The first-order valence-corrected chi connectivity index (χ1v) is 6.67. The Balaban J connectivity index is 2.05. The van der Waals surface area contributed by atoms with Crippen LogP contribution in [-0.4, -0.2) is 11.6 Å². The van der Waals surface area contributed by atoms with Crippen LogP contribution in [0.25, 0.3) is 0 Å². The number of nitrogens with zero attached hydrogens (tertiary/aromatic N) is 1. The molecule has 1 N–H and O–H groups in total. The van der Waals surface area contributed by atoms with E-state index in [-0.39, 0.29) is 0 Å². The van der Waals surface area contributed by atoms with Crippen LogP contribution in [0.4, 0.5) is 5.82 Å². The van der Waals surface area contributed by atoms with Crippen molar-refractivity contribution in [2.45, 2.75) is 26.8 Å². The lowest BCUT2D eigenvalue weighted by Crippen LogP contribution is -2.06. The quantitative estimate of drug-likeness (QED) is 0.853. The van der Waals surface area contributed by atoms with Gasteiger partial charge in [-0.1, -0.05) is 31.2 Å². The largest absolute Gasteiger partial charge is 0.490 e. The third-order valence-corrected chi connectivity index (χ3v) is 2.94. The molecule has 2 rings (SSSR count). The molecule has 0 aliphatic carbocycles. The minimum atomic E-state index is 0.713. The maximum Gasteiger partial charge on any atom is 0.169 e. The summed E-state index contributed by atoms with van der Waals surface area (Å²) in [7, 11) is 0. The van der Waals surface area contributed by atoms with Crippen LogP contribution in [0.5, 0.6) is 5.75 Å². The van der Waals surface area contributed by atoms with Gasteiger partial charge in [0, 0.05) is 12.7 Å². The van der Waals surface area contributed by atoms with E-state index < -0.39 is 0 Å². The predicted octanol–water partition coefficient (Wildman–Crippen LogP) is 3.79. The van der Waals surface area contributed by atoms with Crippen LogP contribution in [0.1, 0.15) is 24.5 Å². The van der Waals surface area contributed by atoms with E-state index in [9.17, 15) is 0 Å².